The molecule has 1 aromatic heterocycles. The second-order valence-corrected chi connectivity index (χ2v) is 8.01. The third kappa shape index (κ3) is 5.26. The maximum atomic E-state index is 13.4. The Morgan fingerprint density at radius 2 is 2.07 bits per heavy atom. The monoisotopic (exact) mass is 408 g/mol. The molecular formula is C22H27F3N2O2. The minimum absolute atomic E-state index is 0.00237. The quantitative estimate of drug-likeness (QED) is 0.639. The van der Waals surface area contributed by atoms with E-state index in [2.05, 4.69) is 16.8 Å². The van der Waals surface area contributed by atoms with Gasteiger partial charge in [-0.1, -0.05) is 6.92 Å². The van der Waals surface area contributed by atoms with Gasteiger partial charge in [0.25, 0.3) is 0 Å². The van der Waals surface area contributed by atoms with E-state index in [0.29, 0.717) is 23.6 Å². The van der Waals surface area contributed by atoms with Crippen molar-refractivity contribution < 1.29 is 22.7 Å². The van der Waals surface area contributed by atoms with Crippen molar-refractivity contribution in [2.24, 2.45) is 11.8 Å². The van der Waals surface area contributed by atoms with Crippen LogP contribution in [0.15, 0.2) is 30.5 Å². The summed E-state index contributed by atoms with van der Waals surface area (Å²) in [4.78, 5) is 17.9. The number of Topliss-reactive ketones (excluding diaryl/α,β-unsaturated/α-hetero) is 1. The molecule has 0 bridgehead atoms. The first-order valence-corrected chi connectivity index (χ1v) is 10.00. The number of fused-ring (bicyclic) bond motifs is 1. The van der Waals surface area contributed by atoms with Gasteiger partial charge in [0.15, 0.2) is 5.78 Å². The molecule has 0 aliphatic carbocycles. The van der Waals surface area contributed by atoms with Gasteiger partial charge in [-0.3, -0.25) is 9.78 Å². The van der Waals surface area contributed by atoms with Crippen molar-refractivity contribution in [3.8, 4) is 0 Å². The Bertz CT molecular complexity index is 854. The fourth-order valence-corrected chi connectivity index (χ4v) is 4.37. The lowest BCUT2D eigenvalue weighted by Crippen LogP contribution is -2.40. The van der Waals surface area contributed by atoms with Crippen LogP contribution in [0.25, 0.3) is 10.9 Å². The van der Waals surface area contributed by atoms with Gasteiger partial charge < -0.3 is 9.64 Å². The Morgan fingerprint density at radius 3 is 2.79 bits per heavy atom. The number of benzene rings is 1. The topological polar surface area (TPSA) is 42.4 Å². The lowest BCUT2D eigenvalue weighted by atomic mass is 9.86. The summed E-state index contributed by atoms with van der Waals surface area (Å²) >= 11 is 0. The van der Waals surface area contributed by atoms with E-state index in [4.69, 9.17) is 4.74 Å². The molecule has 4 nitrogen and oxygen atoms in total. The summed E-state index contributed by atoms with van der Waals surface area (Å²) in [6.45, 7) is 3.89. The number of methoxy groups -OCH3 is 1. The van der Waals surface area contributed by atoms with Gasteiger partial charge in [-0.2, -0.15) is 13.2 Å². The zero-order valence-electron chi connectivity index (χ0n) is 16.8. The molecule has 0 saturated carbocycles. The normalized spacial score (nSPS) is 20.2. The number of ketones is 1. The number of ether oxygens (including phenoxy) is 1. The molecule has 2 aromatic rings. The molecule has 0 unspecified atom stereocenters. The third-order valence-electron chi connectivity index (χ3n) is 5.51. The molecule has 158 valence electrons. The first-order valence-electron chi connectivity index (χ1n) is 10.00. The number of nitrogens with zero attached hydrogens (tertiary/aromatic N) is 2. The zero-order chi connectivity index (χ0) is 21.0. The predicted octanol–water partition coefficient (Wildman–Crippen LogP) is 5.10. The van der Waals surface area contributed by atoms with Gasteiger partial charge in [0.2, 0.25) is 0 Å². The van der Waals surface area contributed by atoms with Crippen molar-refractivity contribution in [1.82, 2.24) is 4.98 Å². The fourth-order valence-electron chi connectivity index (χ4n) is 4.37. The summed E-state index contributed by atoms with van der Waals surface area (Å²) in [5.41, 5.74) is 0.0978. The molecule has 29 heavy (non-hydrogen) atoms. The molecule has 1 aliphatic heterocycles. The van der Waals surface area contributed by atoms with Crippen LogP contribution in [0.5, 0.6) is 0 Å². The number of piperidine rings is 1. The molecule has 1 aromatic carbocycles. The lowest BCUT2D eigenvalue weighted by molar-refractivity contribution is -0.136. The van der Waals surface area contributed by atoms with E-state index in [1.807, 2.05) is 0 Å². The summed E-state index contributed by atoms with van der Waals surface area (Å²) in [5.74, 6) is 0.938. The summed E-state index contributed by atoms with van der Waals surface area (Å²) in [6, 6.07) is 6.11. The average Bonchev–Trinajstić information content (AvgIpc) is 2.66. The van der Waals surface area contributed by atoms with Crippen molar-refractivity contribution >= 4 is 22.4 Å². The zero-order valence-corrected chi connectivity index (χ0v) is 16.8. The first-order chi connectivity index (χ1) is 13.8. The van der Waals surface area contributed by atoms with Crippen molar-refractivity contribution in [3.63, 3.8) is 0 Å². The molecule has 3 rings (SSSR count). The number of pyridine rings is 1. The van der Waals surface area contributed by atoms with Gasteiger partial charge in [-0.15, -0.1) is 0 Å². The van der Waals surface area contributed by atoms with E-state index in [-0.39, 0.29) is 17.9 Å². The number of anilines is 1. The highest BCUT2D eigenvalue weighted by Crippen LogP contribution is 2.39. The second kappa shape index (κ2) is 9.11. The maximum Gasteiger partial charge on any atom is 0.418 e. The van der Waals surface area contributed by atoms with Crippen LogP contribution in [-0.4, -0.2) is 37.6 Å². The number of halogens is 3. The highest BCUT2D eigenvalue weighted by Gasteiger charge is 2.34. The van der Waals surface area contributed by atoms with Gasteiger partial charge in [-0.25, -0.2) is 0 Å². The van der Waals surface area contributed by atoms with Gasteiger partial charge in [0, 0.05) is 43.9 Å². The van der Waals surface area contributed by atoms with Crippen LogP contribution in [0.4, 0.5) is 18.9 Å². The van der Waals surface area contributed by atoms with Crippen LogP contribution < -0.4 is 4.90 Å². The van der Waals surface area contributed by atoms with E-state index < -0.39 is 11.7 Å². The minimum Gasteiger partial charge on any atom is -0.377 e. The second-order valence-electron chi connectivity index (χ2n) is 8.01. The summed E-state index contributed by atoms with van der Waals surface area (Å²) in [7, 11) is 1.52. The van der Waals surface area contributed by atoms with Gasteiger partial charge >= 0.3 is 6.18 Å². The van der Waals surface area contributed by atoms with Crippen LogP contribution >= 0.6 is 0 Å². The number of aromatic nitrogens is 1. The average molecular weight is 408 g/mol. The summed E-state index contributed by atoms with van der Waals surface area (Å²) < 4.78 is 45.0. The van der Waals surface area contributed by atoms with Crippen LogP contribution in [0, 0.1) is 11.8 Å². The van der Waals surface area contributed by atoms with E-state index in [1.54, 1.807) is 18.2 Å². The van der Waals surface area contributed by atoms with Crippen molar-refractivity contribution in [3.05, 3.63) is 36.0 Å². The molecule has 2 heterocycles. The molecule has 0 N–H and O–H groups in total. The Labute approximate surface area is 169 Å². The van der Waals surface area contributed by atoms with Crippen LogP contribution in [0.2, 0.25) is 0 Å². The van der Waals surface area contributed by atoms with Gasteiger partial charge in [0.1, 0.15) is 6.61 Å². The Hall–Kier alpha value is -2.15. The molecule has 2 atom stereocenters. The minimum atomic E-state index is -4.43. The Morgan fingerprint density at radius 1 is 1.28 bits per heavy atom. The Balaban J connectivity index is 1.79. The number of hydrogen-bond acceptors (Lipinski definition) is 4. The molecule has 0 spiro atoms. The SMILES string of the molecule is COCC(=O)CCC[C@@H]1C[C@H](C)CN(c2ccc(C(F)(F)F)c3ncccc23)C1. The Kier molecular flexibility index (Phi) is 6.77. The number of carbonyl (C=O) groups excluding carboxylic acids is 1. The molecule has 1 fully saturated rings. The first kappa shape index (κ1) is 21.6. The molecular weight excluding hydrogens is 381 g/mol. The number of carbonyl (C=O) groups is 1. The van der Waals surface area contributed by atoms with Crippen LogP contribution in [0.3, 0.4) is 0 Å². The largest absolute Gasteiger partial charge is 0.418 e. The number of alkyl halides is 3. The lowest BCUT2D eigenvalue weighted by Gasteiger charge is -2.38. The van der Waals surface area contributed by atoms with E-state index >= 15 is 0 Å². The molecule has 1 aliphatic rings. The standard InChI is InChI=1S/C22H27F3N2O2/c1-15-11-16(5-3-6-17(28)14-29-2)13-27(12-15)20-9-8-19(22(23,24)25)21-18(20)7-4-10-26-21/h4,7-10,15-16H,3,5-6,11-14H2,1-2H3/t15-,16+/m0/s1. The van der Waals surface area contributed by atoms with Gasteiger partial charge in [-0.05, 0) is 55.4 Å². The number of rotatable bonds is 7. The fraction of sp³-hybridized carbons (Fsp3) is 0.545. The van der Waals surface area contributed by atoms with E-state index in [9.17, 15) is 18.0 Å². The highest BCUT2D eigenvalue weighted by atomic mass is 19.4. The summed E-state index contributed by atoms with van der Waals surface area (Å²) in [5, 5.41) is 0.533. The summed E-state index contributed by atoms with van der Waals surface area (Å²) in [6.07, 6.45) is 0.269. The molecule has 7 heteroatoms. The van der Waals surface area contributed by atoms with Crippen molar-refractivity contribution in [2.45, 2.75) is 38.8 Å². The molecule has 0 radical (unpaired) electrons. The van der Waals surface area contributed by atoms with Crippen LogP contribution in [-0.2, 0) is 15.7 Å². The predicted molar refractivity (Wildman–Crippen MR) is 107 cm³/mol. The maximum absolute atomic E-state index is 13.4. The molecule has 1 saturated heterocycles. The van der Waals surface area contributed by atoms with Gasteiger partial charge in [0.05, 0.1) is 11.1 Å². The van der Waals surface area contributed by atoms with E-state index in [0.717, 1.165) is 44.1 Å². The number of hydrogen-bond donors (Lipinski definition) is 0. The third-order valence-corrected chi connectivity index (χ3v) is 5.51. The van der Waals surface area contributed by atoms with Crippen molar-refractivity contribution in [2.75, 3.05) is 31.7 Å². The molecule has 0 amide bonds. The van der Waals surface area contributed by atoms with Crippen molar-refractivity contribution in [1.29, 1.82) is 0 Å². The highest BCUT2D eigenvalue weighted by molar-refractivity contribution is 5.94. The van der Waals surface area contributed by atoms with Crippen LogP contribution in [0.1, 0.15) is 38.2 Å². The van der Waals surface area contributed by atoms with E-state index in [1.165, 1.54) is 13.3 Å². The smallest absolute Gasteiger partial charge is 0.377 e.